The Morgan fingerprint density at radius 2 is 2.59 bits per heavy atom. The summed E-state index contributed by atoms with van der Waals surface area (Å²) in [5.41, 5.74) is 0.394. The van der Waals surface area contributed by atoms with Gasteiger partial charge in [0.2, 0.25) is 0 Å². The van der Waals surface area contributed by atoms with Crippen LogP contribution in [0.5, 0.6) is 0 Å². The highest BCUT2D eigenvalue weighted by molar-refractivity contribution is 7.13. The van der Waals surface area contributed by atoms with Crippen molar-refractivity contribution >= 4 is 22.4 Å². The van der Waals surface area contributed by atoms with Crippen LogP contribution < -0.4 is 4.90 Å². The molecule has 1 aliphatic rings. The Morgan fingerprint density at radius 1 is 1.76 bits per heavy atom. The predicted octanol–water partition coefficient (Wildman–Crippen LogP) is 1.54. The molecule has 0 unspecified atom stereocenters. The standard InChI is InChI=1S/C11H16N2O3S/c1-3-16-10(14)9-7-17-11(12-9)13-4-5-15-6-8(13)2/h7-8H,3-6H2,1-2H3/t8-/m0/s1. The van der Waals surface area contributed by atoms with Crippen molar-refractivity contribution in [3.63, 3.8) is 0 Å². The quantitative estimate of drug-likeness (QED) is 0.768. The summed E-state index contributed by atoms with van der Waals surface area (Å²) < 4.78 is 10.3. The van der Waals surface area contributed by atoms with Gasteiger partial charge in [-0.3, -0.25) is 0 Å². The van der Waals surface area contributed by atoms with E-state index >= 15 is 0 Å². The summed E-state index contributed by atoms with van der Waals surface area (Å²) in [6.45, 7) is 6.48. The number of rotatable bonds is 3. The minimum Gasteiger partial charge on any atom is -0.461 e. The Labute approximate surface area is 104 Å². The minimum absolute atomic E-state index is 0.296. The van der Waals surface area contributed by atoms with Crippen molar-refractivity contribution in [2.45, 2.75) is 19.9 Å². The van der Waals surface area contributed by atoms with Gasteiger partial charge in [-0.2, -0.15) is 0 Å². The number of hydrogen-bond acceptors (Lipinski definition) is 6. The van der Waals surface area contributed by atoms with Crippen molar-refractivity contribution in [2.24, 2.45) is 0 Å². The fourth-order valence-electron chi connectivity index (χ4n) is 1.71. The molecule has 1 aromatic heterocycles. The smallest absolute Gasteiger partial charge is 0.357 e. The first-order valence-corrected chi connectivity index (χ1v) is 6.57. The zero-order valence-electron chi connectivity index (χ0n) is 10.0. The molecule has 0 aliphatic carbocycles. The molecule has 2 rings (SSSR count). The van der Waals surface area contributed by atoms with Crippen molar-refractivity contribution in [2.75, 3.05) is 31.3 Å². The lowest BCUT2D eigenvalue weighted by molar-refractivity contribution is 0.0520. The SMILES string of the molecule is CCOC(=O)c1csc(N2CCOC[C@@H]2C)n1. The minimum atomic E-state index is -0.351. The molecule has 1 aliphatic heterocycles. The van der Waals surface area contributed by atoms with Crippen LogP contribution in [0.1, 0.15) is 24.3 Å². The summed E-state index contributed by atoms with van der Waals surface area (Å²) in [4.78, 5) is 18.0. The number of carbonyl (C=O) groups is 1. The Hall–Kier alpha value is -1.14. The molecule has 6 heteroatoms. The van der Waals surface area contributed by atoms with Gasteiger partial charge in [-0.25, -0.2) is 9.78 Å². The average molecular weight is 256 g/mol. The molecule has 0 bridgehead atoms. The van der Waals surface area contributed by atoms with Gasteiger partial charge in [0.15, 0.2) is 10.8 Å². The molecule has 1 fully saturated rings. The molecule has 0 saturated carbocycles. The summed E-state index contributed by atoms with van der Waals surface area (Å²) in [7, 11) is 0. The largest absolute Gasteiger partial charge is 0.461 e. The van der Waals surface area contributed by atoms with E-state index in [-0.39, 0.29) is 5.97 Å². The lowest BCUT2D eigenvalue weighted by atomic mass is 10.3. The van der Waals surface area contributed by atoms with Gasteiger partial charge >= 0.3 is 5.97 Å². The van der Waals surface area contributed by atoms with E-state index < -0.39 is 0 Å². The molecule has 2 heterocycles. The third-order valence-corrected chi connectivity index (χ3v) is 3.47. The molecule has 0 aromatic carbocycles. The maximum Gasteiger partial charge on any atom is 0.357 e. The number of morpholine rings is 1. The number of hydrogen-bond donors (Lipinski definition) is 0. The Morgan fingerprint density at radius 3 is 3.29 bits per heavy atom. The number of aromatic nitrogens is 1. The number of anilines is 1. The van der Waals surface area contributed by atoms with Gasteiger partial charge in [0.1, 0.15) is 0 Å². The molecule has 1 aromatic rings. The van der Waals surface area contributed by atoms with Crippen molar-refractivity contribution in [3.8, 4) is 0 Å². The van der Waals surface area contributed by atoms with Gasteiger partial charge in [-0.05, 0) is 13.8 Å². The maximum absolute atomic E-state index is 11.5. The summed E-state index contributed by atoms with van der Waals surface area (Å²) >= 11 is 1.47. The Bertz CT molecular complexity index is 394. The molecule has 94 valence electrons. The molecule has 0 radical (unpaired) electrons. The second-order valence-electron chi connectivity index (χ2n) is 3.85. The highest BCUT2D eigenvalue weighted by Gasteiger charge is 2.23. The van der Waals surface area contributed by atoms with E-state index in [9.17, 15) is 4.79 Å². The average Bonchev–Trinajstić information content (AvgIpc) is 2.79. The van der Waals surface area contributed by atoms with Crippen LogP contribution in [-0.2, 0) is 9.47 Å². The molecule has 1 atom stereocenters. The topological polar surface area (TPSA) is 51.7 Å². The second kappa shape index (κ2) is 5.46. The molecule has 1 saturated heterocycles. The van der Waals surface area contributed by atoms with E-state index in [1.807, 2.05) is 0 Å². The van der Waals surface area contributed by atoms with Crippen LogP contribution in [0.25, 0.3) is 0 Å². The first-order valence-electron chi connectivity index (χ1n) is 5.69. The van der Waals surface area contributed by atoms with Crippen LogP contribution in [0, 0.1) is 0 Å². The number of nitrogens with zero attached hydrogens (tertiary/aromatic N) is 2. The van der Waals surface area contributed by atoms with Gasteiger partial charge < -0.3 is 14.4 Å². The third kappa shape index (κ3) is 2.76. The van der Waals surface area contributed by atoms with E-state index in [1.165, 1.54) is 11.3 Å². The van der Waals surface area contributed by atoms with Crippen LogP contribution in [0.2, 0.25) is 0 Å². The van der Waals surface area contributed by atoms with E-state index in [0.29, 0.717) is 31.6 Å². The van der Waals surface area contributed by atoms with E-state index in [4.69, 9.17) is 9.47 Å². The van der Waals surface area contributed by atoms with Gasteiger partial charge in [0.05, 0.1) is 25.9 Å². The number of carbonyl (C=O) groups excluding carboxylic acids is 1. The zero-order chi connectivity index (χ0) is 12.3. The van der Waals surface area contributed by atoms with Gasteiger partial charge in [-0.1, -0.05) is 0 Å². The highest BCUT2D eigenvalue weighted by atomic mass is 32.1. The predicted molar refractivity (Wildman–Crippen MR) is 65.7 cm³/mol. The lowest BCUT2D eigenvalue weighted by Crippen LogP contribution is -2.43. The second-order valence-corrected chi connectivity index (χ2v) is 4.69. The third-order valence-electron chi connectivity index (χ3n) is 2.59. The van der Waals surface area contributed by atoms with E-state index in [1.54, 1.807) is 12.3 Å². The first-order chi connectivity index (χ1) is 8.22. The van der Waals surface area contributed by atoms with Crippen LogP contribution in [0.4, 0.5) is 5.13 Å². The van der Waals surface area contributed by atoms with Crippen LogP contribution in [-0.4, -0.2) is 43.4 Å². The number of esters is 1. The maximum atomic E-state index is 11.5. The van der Waals surface area contributed by atoms with E-state index in [2.05, 4.69) is 16.8 Å². The van der Waals surface area contributed by atoms with Crippen molar-refractivity contribution in [1.82, 2.24) is 4.98 Å². The normalized spacial score (nSPS) is 20.4. The summed E-state index contributed by atoms with van der Waals surface area (Å²) in [6.07, 6.45) is 0. The fourth-order valence-corrected chi connectivity index (χ4v) is 2.63. The zero-order valence-corrected chi connectivity index (χ0v) is 10.8. The molecular weight excluding hydrogens is 240 g/mol. The van der Waals surface area contributed by atoms with Crippen molar-refractivity contribution < 1.29 is 14.3 Å². The first kappa shape index (κ1) is 12.3. The molecule has 5 nitrogen and oxygen atoms in total. The van der Waals surface area contributed by atoms with Crippen molar-refractivity contribution in [1.29, 1.82) is 0 Å². The fraction of sp³-hybridized carbons (Fsp3) is 0.636. The molecular formula is C11H16N2O3S. The van der Waals surface area contributed by atoms with Crippen LogP contribution in [0.3, 0.4) is 0 Å². The van der Waals surface area contributed by atoms with Crippen molar-refractivity contribution in [3.05, 3.63) is 11.1 Å². The molecule has 0 amide bonds. The molecule has 17 heavy (non-hydrogen) atoms. The number of thiazole rings is 1. The lowest BCUT2D eigenvalue weighted by Gasteiger charge is -2.32. The molecule has 0 N–H and O–H groups in total. The summed E-state index contributed by atoms with van der Waals surface area (Å²) in [6, 6.07) is 0.296. The monoisotopic (exact) mass is 256 g/mol. The van der Waals surface area contributed by atoms with Crippen LogP contribution >= 0.6 is 11.3 Å². The Kier molecular flexibility index (Phi) is 3.96. The van der Waals surface area contributed by atoms with Gasteiger partial charge in [0.25, 0.3) is 0 Å². The van der Waals surface area contributed by atoms with Gasteiger partial charge in [0, 0.05) is 11.9 Å². The van der Waals surface area contributed by atoms with Crippen LogP contribution in [0.15, 0.2) is 5.38 Å². The summed E-state index contributed by atoms with van der Waals surface area (Å²) in [5, 5.41) is 2.61. The highest BCUT2D eigenvalue weighted by Crippen LogP contribution is 2.24. The summed E-state index contributed by atoms with van der Waals surface area (Å²) in [5.74, 6) is -0.351. The Balaban J connectivity index is 2.09. The van der Waals surface area contributed by atoms with E-state index in [0.717, 1.165) is 11.7 Å². The van der Waals surface area contributed by atoms with Gasteiger partial charge in [-0.15, -0.1) is 11.3 Å². The number of ether oxygens (including phenoxy) is 2. The molecule has 0 spiro atoms.